The molecule has 144 valence electrons. The van der Waals surface area contributed by atoms with E-state index in [1.807, 2.05) is 0 Å². The third-order valence-electron chi connectivity index (χ3n) is 3.50. The Balaban J connectivity index is 1.97. The Morgan fingerprint density at radius 3 is 2.57 bits per heavy atom. The van der Waals surface area contributed by atoms with Crippen LogP contribution in [0.3, 0.4) is 0 Å². The van der Waals surface area contributed by atoms with E-state index in [1.54, 1.807) is 24.3 Å². The number of non-ortho nitro benzene ring substituents is 1. The molecule has 0 unspecified atom stereocenters. The third kappa shape index (κ3) is 4.48. The summed E-state index contributed by atoms with van der Waals surface area (Å²) in [6.45, 7) is 0. The van der Waals surface area contributed by atoms with Gasteiger partial charge in [-0.05, 0) is 30.3 Å². The molecular weight excluding hydrogens is 408 g/mol. The number of anilines is 2. The number of nitrogens with zero attached hydrogens (tertiary/aromatic N) is 2. The minimum absolute atomic E-state index is 0.0351. The first-order valence-electron chi connectivity index (χ1n) is 7.75. The molecule has 11 heteroatoms. The zero-order valence-corrected chi connectivity index (χ0v) is 15.6. The molecule has 2 N–H and O–H groups in total. The van der Waals surface area contributed by atoms with Gasteiger partial charge < -0.3 is 4.42 Å². The fourth-order valence-corrected chi connectivity index (χ4v) is 3.71. The normalized spacial score (nSPS) is 11.5. The number of nitro benzene ring substituents is 1. The molecule has 0 aliphatic heterocycles. The minimum atomic E-state index is -4.21. The summed E-state index contributed by atoms with van der Waals surface area (Å²) < 4.78 is 33.1. The summed E-state index contributed by atoms with van der Waals surface area (Å²) in [5, 5.41) is 15.2. The highest BCUT2D eigenvalue weighted by molar-refractivity contribution is 7.93. The maximum absolute atomic E-state index is 12.8. The van der Waals surface area contributed by atoms with Gasteiger partial charge in [0.2, 0.25) is 0 Å². The number of rotatable bonds is 7. The van der Waals surface area contributed by atoms with E-state index in [0.717, 1.165) is 6.07 Å². The molecule has 0 saturated heterocycles. The van der Waals surface area contributed by atoms with Crippen molar-refractivity contribution in [2.45, 2.75) is 4.90 Å². The molecule has 0 saturated carbocycles. The predicted octanol–water partition coefficient (Wildman–Crippen LogP) is 4.09. The Labute approximate surface area is 164 Å². The summed E-state index contributed by atoms with van der Waals surface area (Å²) in [4.78, 5) is 10.0. The van der Waals surface area contributed by atoms with Gasteiger partial charge in [-0.1, -0.05) is 23.7 Å². The van der Waals surface area contributed by atoms with Crippen molar-refractivity contribution in [3.05, 3.63) is 81.8 Å². The number of nitro groups is 1. The monoisotopic (exact) mass is 420 g/mol. The van der Waals surface area contributed by atoms with Gasteiger partial charge in [-0.15, -0.1) is 0 Å². The first-order chi connectivity index (χ1) is 13.4. The highest BCUT2D eigenvalue weighted by Crippen LogP contribution is 2.30. The predicted molar refractivity (Wildman–Crippen MR) is 105 cm³/mol. The molecule has 28 heavy (non-hydrogen) atoms. The van der Waals surface area contributed by atoms with Crippen LogP contribution in [0, 0.1) is 10.1 Å². The zero-order chi connectivity index (χ0) is 20.1. The highest BCUT2D eigenvalue weighted by Gasteiger charge is 2.23. The standard InChI is InChI=1S/C17H13ClN4O5S/c18-14-5-1-2-6-15(14)21-28(25,26)17-10-12(22(23)24)7-8-16(17)20-19-11-13-4-3-9-27-13/h1-11,20-21H/b19-11+. The lowest BCUT2D eigenvalue weighted by Crippen LogP contribution is -2.15. The van der Waals surface area contributed by atoms with Gasteiger partial charge in [0.1, 0.15) is 10.7 Å². The first kappa shape index (κ1) is 19.4. The third-order valence-corrected chi connectivity index (χ3v) is 5.24. The van der Waals surface area contributed by atoms with Crippen LogP contribution in [0.15, 0.2) is 75.3 Å². The Kier molecular flexibility index (Phi) is 5.62. The van der Waals surface area contributed by atoms with Crippen molar-refractivity contribution in [3.8, 4) is 0 Å². The summed E-state index contributed by atoms with van der Waals surface area (Å²) in [6.07, 6.45) is 2.79. The van der Waals surface area contributed by atoms with E-state index < -0.39 is 14.9 Å². The largest absolute Gasteiger partial charge is 0.463 e. The van der Waals surface area contributed by atoms with Crippen molar-refractivity contribution in [1.29, 1.82) is 0 Å². The molecule has 1 heterocycles. The first-order valence-corrected chi connectivity index (χ1v) is 9.61. The molecule has 0 amide bonds. The molecular formula is C17H13ClN4O5S. The SMILES string of the molecule is O=[N+]([O-])c1ccc(N/N=C/c2ccco2)c(S(=O)(=O)Nc2ccccc2Cl)c1. The van der Waals surface area contributed by atoms with Crippen molar-refractivity contribution >= 4 is 44.9 Å². The van der Waals surface area contributed by atoms with E-state index in [2.05, 4.69) is 15.2 Å². The van der Waals surface area contributed by atoms with Crippen LogP contribution in [0.2, 0.25) is 5.02 Å². The molecule has 2 aromatic carbocycles. The number of para-hydroxylation sites is 1. The van der Waals surface area contributed by atoms with Crippen LogP contribution in [0.25, 0.3) is 0 Å². The van der Waals surface area contributed by atoms with Crippen molar-refractivity contribution in [3.63, 3.8) is 0 Å². The second kappa shape index (κ2) is 8.11. The van der Waals surface area contributed by atoms with Crippen LogP contribution in [0.5, 0.6) is 0 Å². The van der Waals surface area contributed by atoms with Crippen LogP contribution >= 0.6 is 11.6 Å². The molecule has 0 aliphatic carbocycles. The maximum Gasteiger partial charge on any atom is 0.270 e. The second-order valence-electron chi connectivity index (χ2n) is 5.41. The summed E-state index contributed by atoms with van der Waals surface area (Å²) in [6, 6.07) is 12.9. The van der Waals surface area contributed by atoms with Gasteiger partial charge in [0.25, 0.3) is 15.7 Å². The van der Waals surface area contributed by atoms with Gasteiger partial charge in [-0.2, -0.15) is 5.10 Å². The molecule has 1 aromatic heterocycles. The molecule has 0 bridgehead atoms. The molecule has 0 aliphatic rings. The molecule has 0 radical (unpaired) electrons. The topological polar surface area (TPSA) is 127 Å². The molecule has 0 fully saturated rings. The number of furan rings is 1. The smallest absolute Gasteiger partial charge is 0.270 e. The lowest BCUT2D eigenvalue weighted by atomic mass is 10.3. The van der Waals surface area contributed by atoms with Gasteiger partial charge in [0.05, 0.1) is 33.8 Å². The number of hydrazone groups is 1. The van der Waals surface area contributed by atoms with Gasteiger partial charge in [0.15, 0.2) is 0 Å². The number of hydrogen-bond donors (Lipinski definition) is 2. The van der Waals surface area contributed by atoms with E-state index in [4.69, 9.17) is 16.0 Å². The Morgan fingerprint density at radius 2 is 1.89 bits per heavy atom. The summed E-state index contributed by atoms with van der Waals surface area (Å²) in [5.74, 6) is 0.438. The lowest BCUT2D eigenvalue weighted by molar-refractivity contribution is -0.385. The van der Waals surface area contributed by atoms with Crippen molar-refractivity contribution in [1.82, 2.24) is 0 Å². The van der Waals surface area contributed by atoms with E-state index in [0.29, 0.717) is 5.76 Å². The van der Waals surface area contributed by atoms with Crippen LogP contribution < -0.4 is 10.1 Å². The Bertz CT molecular complexity index is 1130. The quantitative estimate of drug-likeness (QED) is 0.336. The van der Waals surface area contributed by atoms with Gasteiger partial charge in [0, 0.05) is 12.1 Å². The molecule has 9 nitrogen and oxygen atoms in total. The number of nitrogens with one attached hydrogen (secondary N) is 2. The number of hydrogen-bond acceptors (Lipinski definition) is 7. The average Bonchev–Trinajstić information content (AvgIpc) is 3.17. The molecule has 3 rings (SSSR count). The van der Waals surface area contributed by atoms with Crippen molar-refractivity contribution < 1.29 is 17.8 Å². The maximum atomic E-state index is 12.8. The van der Waals surface area contributed by atoms with E-state index in [1.165, 1.54) is 36.7 Å². The number of benzene rings is 2. The second-order valence-corrected chi connectivity index (χ2v) is 7.47. The van der Waals surface area contributed by atoms with Crippen molar-refractivity contribution in [2.75, 3.05) is 10.1 Å². The fourth-order valence-electron chi connectivity index (χ4n) is 2.21. The summed E-state index contributed by atoms with van der Waals surface area (Å²) in [7, 11) is -4.21. The van der Waals surface area contributed by atoms with Crippen molar-refractivity contribution in [2.24, 2.45) is 5.10 Å². The minimum Gasteiger partial charge on any atom is -0.463 e. The highest BCUT2D eigenvalue weighted by atomic mass is 35.5. The molecule has 0 atom stereocenters. The Hall–Kier alpha value is -3.37. The average molecular weight is 421 g/mol. The van der Waals surface area contributed by atoms with Crippen LogP contribution in [-0.2, 0) is 10.0 Å². The van der Waals surface area contributed by atoms with Gasteiger partial charge in [-0.25, -0.2) is 8.42 Å². The van der Waals surface area contributed by atoms with Gasteiger partial charge >= 0.3 is 0 Å². The van der Waals surface area contributed by atoms with E-state index >= 15 is 0 Å². The van der Waals surface area contributed by atoms with Crippen LogP contribution in [0.1, 0.15) is 5.76 Å². The van der Waals surface area contributed by atoms with Crippen LogP contribution in [0.4, 0.5) is 17.1 Å². The zero-order valence-electron chi connectivity index (χ0n) is 14.1. The van der Waals surface area contributed by atoms with Crippen LogP contribution in [-0.4, -0.2) is 19.6 Å². The van der Waals surface area contributed by atoms with E-state index in [-0.39, 0.29) is 27.0 Å². The number of sulfonamides is 1. The number of halogens is 1. The Morgan fingerprint density at radius 1 is 1.11 bits per heavy atom. The molecule has 0 spiro atoms. The van der Waals surface area contributed by atoms with Gasteiger partial charge in [-0.3, -0.25) is 20.3 Å². The summed E-state index contributed by atoms with van der Waals surface area (Å²) in [5.41, 5.74) is 2.34. The summed E-state index contributed by atoms with van der Waals surface area (Å²) >= 11 is 6.00. The molecule has 3 aromatic rings. The lowest BCUT2D eigenvalue weighted by Gasteiger charge is -2.12. The van der Waals surface area contributed by atoms with E-state index in [9.17, 15) is 18.5 Å². The fraction of sp³-hybridized carbons (Fsp3) is 0.